The second-order valence-electron chi connectivity index (χ2n) is 9.69. The second-order valence-corrected chi connectivity index (χ2v) is 11.6. The third kappa shape index (κ3) is 8.29. The molecule has 1 N–H and O–H groups in total. The normalized spacial score (nSPS) is 11.9. The highest BCUT2D eigenvalue weighted by atomic mass is 32.2. The van der Waals surface area contributed by atoms with E-state index in [1.165, 1.54) is 41.3 Å². The van der Waals surface area contributed by atoms with E-state index in [1.807, 2.05) is 13.8 Å². The molecule has 0 saturated carbocycles. The smallest absolute Gasteiger partial charge is 0.264 e. The molecule has 0 aliphatic heterocycles. The quantitative estimate of drug-likeness (QED) is 0.268. The average Bonchev–Trinajstić information content (AvgIpc) is 2.96. The number of benzene rings is 3. The minimum absolute atomic E-state index is 0.0117. The molecule has 0 saturated heterocycles. The maximum absolute atomic E-state index is 14.0. The molecular formula is C31H38FN3O5S. The third-order valence-electron chi connectivity index (χ3n) is 6.58. The second kappa shape index (κ2) is 14.6. The molecule has 0 unspecified atom stereocenters. The number of anilines is 1. The number of hydrogen-bond donors (Lipinski definition) is 1. The number of ether oxygens (including phenoxy) is 1. The molecule has 0 fully saturated rings. The number of nitrogens with zero attached hydrogens (tertiary/aromatic N) is 2. The van der Waals surface area contributed by atoms with Gasteiger partial charge in [0.1, 0.15) is 24.2 Å². The van der Waals surface area contributed by atoms with Crippen molar-refractivity contribution < 1.29 is 27.1 Å². The molecule has 220 valence electrons. The standard InChI is InChI=1S/C31H38FN3O5S/c1-5-7-20-33-31(37)24(4)34(21-25-14-16-26(32)17-15-25)30(36)22-35(28-10-8-9-11-29(28)40-6-2)41(38,39)27-18-12-23(3)13-19-27/h8-19,24H,5-7,20-22H2,1-4H3,(H,33,37)/t24-/m0/s1. The number of amides is 2. The number of carbonyl (C=O) groups is 2. The summed E-state index contributed by atoms with van der Waals surface area (Å²) in [6.45, 7) is 7.36. The van der Waals surface area contributed by atoms with Crippen LogP contribution in [0.5, 0.6) is 5.75 Å². The highest BCUT2D eigenvalue weighted by Gasteiger charge is 2.33. The Morgan fingerprint density at radius 1 is 0.976 bits per heavy atom. The molecule has 0 aromatic heterocycles. The number of carbonyl (C=O) groups excluding carboxylic acids is 2. The van der Waals surface area contributed by atoms with Crippen LogP contribution in [0, 0.1) is 12.7 Å². The minimum atomic E-state index is -4.23. The lowest BCUT2D eigenvalue weighted by molar-refractivity contribution is -0.139. The Morgan fingerprint density at radius 3 is 2.27 bits per heavy atom. The molecule has 0 aliphatic rings. The third-order valence-corrected chi connectivity index (χ3v) is 8.36. The van der Waals surface area contributed by atoms with Gasteiger partial charge >= 0.3 is 0 Å². The van der Waals surface area contributed by atoms with Crippen molar-refractivity contribution in [2.24, 2.45) is 0 Å². The van der Waals surface area contributed by atoms with E-state index in [0.29, 0.717) is 17.9 Å². The molecule has 41 heavy (non-hydrogen) atoms. The van der Waals surface area contributed by atoms with Gasteiger partial charge in [0.05, 0.1) is 17.2 Å². The summed E-state index contributed by atoms with van der Waals surface area (Å²) in [4.78, 5) is 28.4. The molecule has 0 radical (unpaired) electrons. The number of halogens is 1. The van der Waals surface area contributed by atoms with Gasteiger partial charge in [-0.3, -0.25) is 13.9 Å². The van der Waals surface area contributed by atoms with Crippen molar-refractivity contribution in [1.29, 1.82) is 0 Å². The summed E-state index contributed by atoms with van der Waals surface area (Å²) in [5, 5.41) is 2.84. The fraction of sp³-hybridized carbons (Fsp3) is 0.355. The van der Waals surface area contributed by atoms with Crippen molar-refractivity contribution in [3.8, 4) is 5.75 Å². The van der Waals surface area contributed by atoms with Gasteiger partial charge in [0, 0.05) is 13.1 Å². The molecule has 0 bridgehead atoms. The number of aryl methyl sites for hydroxylation is 1. The molecule has 10 heteroatoms. The first-order valence-electron chi connectivity index (χ1n) is 13.7. The fourth-order valence-electron chi connectivity index (χ4n) is 4.20. The number of unbranched alkanes of at least 4 members (excludes halogenated alkanes) is 1. The van der Waals surface area contributed by atoms with Gasteiger partial charge in [0.15, 0.2) is 0 Å². The maximum Gasteiger partial charge on any atom is 0.264 e. The number of nitrogens with one attached hydrogen (secondary N) is 1. The van der Waals surface area contributed by atoms with Crippen molar-refractivity contribution in [2.45, 2.75) is 58.0 Å². The van der Waals surface area contributed by atoms with Crippen LogP contribution < -0.4 is 14.4 Å². The van der Waals surface area contributed by atoms with E-state index in [2.05, 4.69) is 5.32 Å². The lowest BCUT2D eigenvalue weighted by Crippen LogP contribution is -2.51. The van der Waals surface area contributed by atoms with Crippen LogP contribution in [0.4, 0.5) is 10.1 Å². The van der Waals surface area contributed by atoms with Gasteiger partial charge in [0.2, 0.25) is 11.8 Å². The van der Waals surface area contributed by atoms with Crippen LogP contribution in [-0.2, 0) is 26.2 Å². The van der Waals surface area contributed by atoms with Crippen LogP contribution >= 0.6 is 0 Å². The summed E-state index contributed by atoms with van der Waals surface area (Å²) in [5.74, 6) is -1.10. The van der Waals surface area contributed by atoms with Crippen LogP contribution in [0.25, 0.3) is 0 Å². The first-order chi connectivity index (χ1) is 19.6. The van der Waals surface area contributed by atoms with Gasteiger partial charge < -0.3 is 15.0 Å². The van der Waals surface area contributed by atoms with Gasteiger partial charge in [-0.15, -0.1) is 0 Å². The van der Waals surface area contributed by atoms with Crippen molar-refractivity contribution in [1.82, 2.24) is 10.2 Å². The van der Waals surface area contributed by atoms with Crippen LogP contribution in [0.3, 0.4) is 0 Å². The highest BCUT2D eigenvalue weighted by molar-refractivity contribution is 7.92. The maximum atomic E-state index is 14.0. The zero-order chi connectivity index (χ0) is 30.0. The number of rotatable bonds is 14. The molecule has 3 rings (SSSR count). The molecule has 3 aromatic carbocycles. The largest absolute Gasteiger partial charge is 0.492 e. The summed E-state index contributed by atoms with van der Waals surface area (Å²) < 4.78 is 48.4. The van der Waals surface area contributed by atoms with Gasteiger partial charge in [0.25, 0.3) is 10.0 Å². The van der Waals surface area contributed by atoms with E-state index in [9.17, 15) is 22.4 Å². The molecular weight excluding hydrogens is 545 g/mol. The Bertz CT molecular complexity index is 1410. The lowest BCUT2D eigenvalue weighted by Gasteiger charge is -2.32. The zero-order valence-corrected chi connectivity index (χ0v) is 24.8. The van der Waals surface area contributed by atoms with Crippen LogP contribution in [0.15, 0.2) is 77.7 Å². The number of sulfonamides is 1. The number of hydrogen-bond acceptors (Lipinski definition) is 5. The summed E-state index contributed by atoms with van der Waals surface area (Å²) in [5.41, 5.74) is 1.68. The van der Waals surface area contributed by atoms with Crippen molar-refractivity contribution in [3.63, 3.8) is 0 Å². The van der Waals surface area contributed by atoms with E-state index in [-0.39, 0.29) is 29.6 Å². The predicted molar refractivity (Wildman–Crippen MR) is 158 cm³/mol. The lowest BCUT2D eigenvalue weighted by atomic mass is 10.1. The molecule has 0 heterocycles. The Kier molecular flexibility index (Phi) is 11.3. The SMILES string of the molecule is CCCCNC(=O)[C@H](C)N(Cc1ccc(F)cc1)C(=O)CN(c1ccccc1OCC)S(=O)(=O)c1ccc(C)cc1. The van der Waals surface area contributed by atoms with E-state index < -0.39 is 34.3 Å². The zero-order valence-electron chi connectivity index (χ0n) is 24.0. The summed E-state index contributed by atoms with van der Waals surface area (Å²) in [7, 11) is -4.23. The topological polar surface area (TPSA) is 96.0 Å². The molecule has 3 aromatic rings. The van der Waals surface area contributed by atoms with Gasteiger partial charge in [-0.2, -0.15) is 0 Å². The molecule has 0 aliphatic carbocycles. The summed E-state index contributed by atoms with van der Waals surface area (Å²) in [6.07, 6.45) is 1.67. The fourth-order valence-corrected chi connectivity index (χ4v) is 5.62. The van der Waals surface area contributed by atoms with Crippen molar-refractivity contribution in [2.75, 3.05) is 24.0 Å². The molecule has 0 spiro atoms. The van der Waals surface area contributed by atoms with Crippen LogP contribution in [-0.4, -0.2) is 50.9 Å². The monoisotopic (exact) mass is 583 g/mol. The first kappa shape index (κ1) is 31.6. The van der Waals surface area contributed by atoms with Crippen molar-refractivity contribution in [3.05, 3.63) is 89.7 Å². The van der Waals surface area contributed by atoms with E-state index in [0.717, 1.165) is 22.7 Å². The summed E-state index contributed by atoms with van der Waals surface area (Å²) in [6, 6.07) is 17.6. The minimum Gasteiger partial charge on any atom is -0.492 e. The Labute approximate surface area is 242 Å². The summed E-state index contributed by atoms with van der Waals surface area (Å²) >= 11 is 0. The predicted octanol–water partition coefficient (Wildman–Crippen LogP) is 5.06. The van der Waals surface area contributed by atoms with Gasteiger partial charge in [-0.25, -0.2) is 12.8 Å². The Morgan fingerprint density at radius 2 is 1.63 bits per heavy atom. The van der Waals surface area contributed by atoms with E-state index in [4.69, 9.17) is 4.74 Å². The Balaban J connectivity index is 2.04. The van der Waals surface area contributed by atoms with Gasteiger partial charge in [-0.1, -0.05) is 55.3 Å². The molecule has 2 amide bonds. The van der Waals surface area contributed by atoms with E-state index in [1.54, 1.807) is 50.2 Å². The average molecular weight is 584 g/mol. The van der Waals surface area contributed by atoms with Gasteiger partial charge in [-0.05, 0) is 69.2 Å². The van der Waals surface area contributed by atoms with Crippen LogP contribution in [0.2, 0.25) is 0 Å². The van der Waals surface area contributed by atoms with Crippen LogP contribution in [0.1, 0.15) is 44.7 Å². The van der Waals surface area contributed by atoms with E-state index >= 15 is 0 Å². The molecule has 1 atom stereocenters. The highest BCUT2D eigenvalue weighted by Crippen LogP contribution is 2.33. The Hall–Kier alpha value is -3.92. The number of para-hydroxylation sites is 2. The van der Waals surface area contributed by atoms with Crippen molar-refractivity contribution >= 4 is 27.5 Å². The molecule has 8 nitrogen and oxygen atoms in total. The first-order valence-corrected chi connectivity index (χ1v) is 15.1.